The van der Waals surface area contributed by atoms with E-state index in [4.69, 9.17) is 9.57 Å². The van der Waals surface area contributed by atoms with E-state index in [0.29, 0.717) is 26.1 Å². The highest BCUT2D eigenvalue weighted by Crippen LogP contribution is 2.06. The number of hydroxylamine groups is 2. The number of carbonyl (C=O) groups excluding carboxylic acids is 1. The fraction of sp³-hybridized carbons (Fsp3) is 0.692. The highest BCUT2D eigenvalue weighted by Gasteiger charge is 2.12. The van der Waals surface area contributed by atoms with E-state index < -0.39 is 0 Å². The number of nitrogens with zero attached hydrogens (tertiary/aromatic N) is 2. The van der Waals surface area contributed by atoms with Crippen molar-refractivity contribution in [2.75, 3.05) is 26.8 Å². The Kier molecular flexibility index (Phi) is 5.97. The van der Waals surface area contributed by atoms with E-state index in [1.54, 1.807) is 7.11 Å². The Bertz CT molecular complexity index is 416. The number of hydrogen-bond acceptors (Lipinski definition) is 5. The van der Waals surface area contributed by atoms with Crippen LogP contribution in [-0.2, 0) is 27.5 Å². The molecular formula is C13H22N4O3. The molecule has 1 saturated heterocycles. The van der Waals surface area contributed by atoms with E-state index in [9.17, 15) is 4.79 Å². The van der Waals surface area contributed by atoms with Gasteiger partial charge >= 0.3 is 0 Å². The predicted molar refractivity (Wildman–Crippen MR) is 72.5 cm³/mol. The molecule has 1 amide bonds. The van der Waals surface area contributed by atoms with Crippen LogP contribution in [0.1, 0.15) is 30.7 Å². The minimum Gasteiger partial charge on any atom is -0.378 e. The maximum atomic E-state index is 11.7. The van der Waals surface area contributed by atoms with Crippen molar-refractivity contribution in [1.82, 2.24) is 20.6 Å². The van der Waals surface area contributed by atoms with Crippen LogP contribution < -0.4 is 5.32 Å². The molecule has 1 aromatic heterocycles. The number of carbonyl (C=O) groups is 1. The van der Waals surface area contributed by atoms with E-state index >= 15 is 0 Å². The van der Waals surface area contributed by atoms with Crippen molar-refractivity contribution in [2.24, 2.45) is 0 Å². The first-order valence-corrected chi connectivity index (χ1v) is 6.94. The molecule has 0 aromatic carbocycles. The molecule has 0 radical (unpaired) electrons. The molecule has 7 heteroatoms. The number of ether oxygens (including phenoxy) is 1. The van der Waals surface area contributed by atoms with Gasteiger partial charge in [-0.15, -0.1) is 0 Å². The summed E-state index contributed by atoms with van der Waals surface area (Å²) in [5.41, 5.74) is 1.71. The number of methoxy groups -OCH3 is 1. The first-order chi connectivity index (χ1) is 9.78. The first kappa shape index (κ1) is 15.0. The van der Waals surface area contributed by atoms with Gasteiger partial charge < -0.3 is 10.1 Å². The molecule has 0 aliphatic carbocycles. The van der Waals surface area contributed by atoms with Gasteiger partial charge in [-0.3, -0.25) is 14.7 Å². The Hall–Kier alpha value is -1.44. The lowest BCUT2D eigenvalue weighted by molar-refractivity contribution is -0.181. The van der Waals surface area contributed by atoms with Crippen LogP contribution in [0.5, 0.6) is 0 Å². The second kappa shape index (κ2) is 7.98. The van der Waals surface area contributed by atoms with Gasteiger partial charge in [0.15, 0.2) is 0 Å². The molecule has 1 aromatic rings. The molecule has 2 N–H and O–H groups in total. The summed E-state index contributed by atoms with van der Waals surface area (Å²) >= 11 is 0. The summed E-state index contributed by atoms with van der Waals surface area (Å²) in [6.45, 7) is 3.24. The number of amides is 1. The quantitative estimate of drug-likeness (QED) is 0.765. The fourth-order valence-electron chi connectivity index (χ4n) is 2.05. The van der Waals surface area contributed by atoms with Crippen LogP contribution in [0.3, 0.4) is 0 Å². The molecule has 20 heavy (non-hydrogen) atoms. The first-order valence-electron chi connectivity index (χ1n) is 6.94. The van der Waals surface area contributed by atoms with E-state index in [-0.39, 0.29) is 5.91 Å². The van der Waals surface area contributed by atoms with Crippen LogP contribution in [0, 0.1) is 0 Å². The Morgan fingerprint density at radius 1 is 1.60 bits per heavy atom. The van der Waals surface area contributed by atoms with Crippen molar-refractivity contribution in [3.05, 3.63) is 17.5 Å². The molecule has 2 rings (SSSR count). The molecule has 0 saturated carbocycles. The monoisotopic (exact) mass is 282 g/mol. The van der Waals surface area contributed by atoms with Crippen LogP contribution in [0.4, 0.5) is 0 Å². The maximum Gasteiger partial charge on any atom is 0.221 e. The number of aromatic nitrogens is 2. The lowest BCUT2D eigenvalue weighted by Crippen LogP contribution is -2.34. The van der Waals surface area contributed by atoms with Gasteiger partial charge in [-0.05, 0) is 18.9 Å². The average Bonchev–Trinajstić information content (AvgIpc) is 2.92. The second-order valence-corrected chi connectivity index (χ2v) is 4.81. The van der Waals surface area contributed by atoms with E-state index in [1.807, 2.05) is 11.1 Å². The molecule has 2 heterocycles. The number of rotatable bonds is 7. The van der Waals surface area contributed by atoms with Crippen molar-refractivity contribution in [2.45, 2.75) is 32.4 Å². The summed E-state index contributed by atoms with van der Waals surface area (Å²) in [5, 5.41) is 11.7. The lowest BCUT2D eigenvalue weighted by Gasteiger charge is -2.25. The highest BCUT2D eigenvalue weighted by molar-refractivity contribution is 5.75. The van der Waals surface area contributed by atoms with Crippen LogP contribution in [0.2, 0.25) is 0 Å². The second-order valence-electron chi connectivity index (χ2n) is 4.81. The summed E-state index contributed by atoms with van der Waals surface area (Å²) < 4.78 is 4.98. The molecule has 0 unspecified atom stereocenters. The topological polar surface area (TPSA) is 79.5 Å². The van der Waals surface area contributed by atoms with Gasteiger partial charge in [0.2, 0.25) is 5.91 Å². The van der Waals surface area contributed by atoms with Gasteiger partial charge in [0.05, 0.1) is 31.1 Å². The third-order valence-corrected chi connectivity index (χ3v) is 3.12. The largest absolute Gasteiger partial charge is 0.378 e. The fourth-order valence-corrected chi connectivity index (χ4v) is 2.05. The van der Waals surface area contributed by atoms with Crippen LogP contribution in [0.15, 0.2) is 6.07 Å². The van der Waals surface area contributed by atoms with Crippen molar-refractivity contribution in [3.63, 3.8) is 0 Å². The zero-order valence-electron chi connectivity index (χ0n) is 11.9. The smallest absolute Gasteiger partial charge is 0.221 e. The van der Waals surface area contributed by atoms with Gasteiger partial charge in [0.1, 0.15) is 0 Å². The number of H-pyrrole nitrogens is 1. The summed E-state index contributed by atoms with van der Waals surface area (Å²) in [6, 6.07) is 1.89. The minimum atomic E-state index is 0.0158. The molecule has 0 spiro atoms. The molecule has 1 aliphatic heterocycles. The van der Waals surface area contributed by atoms with Gasteiger partial charge in [0.25, 0.3) is 0 Å². The lowest BCUT2D eigenvalue weighted by atomic mass is 10.3. The third-order valence-electron chi connectivity index (χ3n) is 3.12. The van der Waals surface area contributed by atoms with Crippen LogP contribution >= 0.6 is 0 Å². The van der Waals surface area contributed by atoms with Crippen LogP contribution in [-0.4, -0.2) is 48.0 Å². The minimum absolute atomic E-state index is 0.0158. The number of nitrogens with one attached hydrogen (secondary N) is 2. The standard InChI is InChI=1S/C13H22N4O3/c1-19-10-12-8-11(15-16-12)9-14-13(18)4-6-17-5-2-3-7-20-17/h8H,2-7,9-10H2,1H3,(H,14,18)(H,15,16). The SMILES string of the molecule is COCc1cc(CNC(=O)CCN2CCCCO2)[nH]n1. The van der Waals surface area contributed by atoms with Gasteiger partial charge in [-0.25, -0.2) is 0 Å². The molecule has 112 valence electrons. The van der Waals surface area contributed by atoms with E-state index in [0.717, 1.165) is 37.4 Å². The van der Waals surface area contributed by atoms with Gasteiger partial charge in [-0.2, -0.15) is 10.2 Å². The zero-order chi connectivity index (χ0) is 14.2. The van der Waals surface area contributed by atoms with Crippen molar-refractivity contribution in [1.29, 1.82) is 0 Å². The van der Waals surface area contributed by atoms with E-state index in [2.05, 4.69) is 15.5 Å². The number of hydrogen-bond donors (Lipinski definition) is 2. The molecule has 7 nitrogen and oxygen atoms in total. The number of aromatic amines is 1. The highest BCUT2D eigenvalue weighted by atomic mass is 16.7. The van der Waals surface area contributed by atoms with Crippen LogP contribution in [0.25, 0.3) is 0 Å². The summed E-state index contributed by atoms with van der Waals surface area (Å²) in [6.07, 6.45) is 2.68. The van der Waals surface area contributed by atoms with E-state index in [1.165, 1.54) is 0 Å². The molecule has 0 atom stereocenters. The van der Waals surface area contributed by atoms with Crippen molar-refractivity contribution >= 4 is 5.91 Å². The summed E-state index contributed by atoms with van der Waals surface area (Å²) in [5.74, 6) is 0.0158. The predicted octanol–water partition coefficient (Wildman–Crippen LogP) is 0.590. The molecule has 1 aliphatic rings. The normalized spacial score (nSPS) is 16.2. The summed E-state index contributed by atoms with van der Waals surface area (Å²) in [4.78, 5) is 17.2. The van der Waals surface area contributed by atoms with Gasteiger partial charge in [0, 0.05) is 26.6 Å². The Balaban J connectivity index is 1.63. The zero-order valence-corrected chi connectivity index (χ0v) is 11.9. The Morgan fingerprint density at radius 2 is 2.50 bits per heavy atom. The third kappa shape index (κ3) is 4.92. The summed E-state index contributed by atoms with van der Waals surface area (Å²) in [7, 11) is 1.62. The maximum absolute atomic E-state index is 11.7. The van der Waals surface area contributed by atoms with Crippen molar-refractivity contribution < 1.29 is 14.4 Å². The molecule has 0 bridgehead atoms. The Labute approximate surface area is 118 Å². The molecule has 1 fully saturated rings. The van der Waals surface area contributed by atoms with Crippen molar-refractivity contribution in [3.8, 4) is 0 Å². The van der Waals surface area contributed by atoms with Gasteiger partial charge in [-0.1, -0.05) is 0 Å². The average molecular weight is 282 g/mol. The Morgan fingerprint density at radius 3 is 3.25 bits per heavy atom. The molecular weight excluding hydrogens is 260 g/mol.